The van der Waals surface area contributed by atoms with E-state index in [1.54, 1.807) is 19.1 Å². The van der Waals surface area contributed by atoms with Crippen LogP contribution < -0.4 is 5.32 Å². The Morgan fingerprint density at radius 1 is 1.14 bits per heavy atom. The number of nitrogens with one attached hydrogen (secondary N) is 1. The third kappa shape index (κ3) is 3.50. The number of anilines is 1. The number of amides is 1. The highest BCUT2D eigenvalue weighted by atomic mass is 79.9. The van der Waals surface area contributed by atoms with Crippen LogP contribution in [0.5, 0.6) is 0 Å². The van der Waals surface area contributed by atoms with Crippen LogP contribution in [0.3, 0.4) is 0 Å². The summed E-state index contributed by atoms with van der Waals surface area (Å²) < 4.78 is 38.5. The van der Waals surface area contributed by atoms with E-state index in [0.717, 1.165) is 17.2 Å². The predicted octanol–water partition coefficient (Wildman–Crippen LogP) is 5.34. The average Bonchev–Trinajstić information content (AvgIpc) is 2.42. The Kier molecular flexibility index (Phi) is 4.60. The van der Waals surface area contributed by atoms with E-state index >= 15 is 0 Å². The van der Waals surface area contributed by atoms with Crippen LogP contribution >= 0.6 is 15.9 Å². The molecule has 0 aliphatic heterocycles. The Balaban J connectivity index is 2.31. The molecule has 0 saturated carbocycles. The maximum atomic E-state index is 12.9. The Hall–Kier alpha value is -1.82. The SMILES string of the molecule is Cc1cccc(C(=O)Nc2ccc(Br)c(C(F)(F)F)c2)c1C. The number of hydrogen-bond donors (Lipinski definition) is 1. The summed E-state index contributed by atoms with van der Waals surface area (Å²) >= 11 is 2.87. The van der Waals surface area contributed by atoms with E-state index < -0.39 is 17.6 Å². The molecule has 0 aromatic heterocycles. The van der Waals surface area contributed by atoms with Crippen molar-refractivity contribution < 1.29 is 18.0 Å². The molecule has 2 aromatic carbocycles. The topological polar surface area (TPSA) is 29.1 Å². The van der Waals surface area contributed by atoms with Crippen molar-refractivity contribution >= 4 is 27.5 Å². The lowest BCUT2D eigenvalue weighted by Gasteiger charge is -2.13. The molecule has 0 fully saturated rings. The monoisotopic (exact) mass is 371 g/mol. The van der Waals surface area contributed by atoms with Gasteiger partial charge in [0.15, 0.2) is 0 Å². The van der Waals surface area contributed by atoms with Crippen LogP contribution in [0.2, 0.25) is 0 Å². The highest BCUT2D eigenvalue weighted by Crippen LogP contribution is 2.36. The summed E-state index contributed by atoms with van der Waals surface area (Å²) in [6.07, 6.45) is -4.49. The van der Waals surface area contributed by atoms with Crippen LogP contribution in [0.1, 0.15) is 27.0 Å². The van der Waals surface area contributed by atoms with Gasteiger partial charge in [-0.3, -0.25) is 4.79 Å². The molecule has 0 atom stereocenters. The summed E-state index contributed by atoms with van der Waals surface area (Å²) in [5, 5.41) is 2.51. The molecular formula is C16H13BrF3NO. The molecule has 0 radical (unpaired) electrons. The number of benzene rings is 2. The molecule has 0 saturated heterocycles. The van der Waals surface area contributed by atoms with E-state index in [4.69, 9.17) is 0 Å². The highest BCUT2D eigenvalue weighted by Gasteiger charge is 2.33. The molecule has 0 aliphatic carbocycles. The summed E-state index contributed by atoms with van der Waals surface area (Å²) in [5.74, 6) is -0.434. The van der Waals surface area contributed by atoms with Gasteiger partial charge in [0.1, 0.15) is 0 Å². The minimum absolute atomic E-state index is 0.0651. The van der Waals surface area contributed by atoms with E-state index in [2.05, 4.69) is 21.2 Å². The maximum absolute atomic E-state index is 12.9. The van der Waals surface area contributed by atoms with Crippen molar-refractivity contribution in [3.05, 3.63) is 63.1 Å². The molecule has 2 nitrogen and oxygen atoms in total. The van der Waals surface area contributed by atoms with Crippen molar-refractivity contribution in [1.82, 2.24) is 0 Å². The number of halogens is 4. The lowest BCUT2D eigenvalue weighted by Crippen LogP contribution is -2.15. The van der Waals surface area contributed by atoms with Crippen LogP contribution in [-0.2, 0) is 6.18 Å². The summed E-state index contributed by atoms with van der Waals surface area (Å²) in [7, 11) is 0. The predicted molar refractivity (Wildman–Crippen MR) is 83.0 cm³/mol. The first-order chi connectivity index (χ1) is 10.2. The molecular weight excluding hydrogens is 359 g/mol. The molecule has 0 spiro atoms. The molecule has 0 bridgehead atoms. The largest absolute Gasteiger partial charge is 0.417 e. The number of carbonyl (C=O) groups is 1. The fraction of sp³-hybridized carbons (Fsp3) is 0.188. The number of hydrogen-bond acceptors (Lipinski definition) is 1. The molecule has 1 amide bonds. The van der Waals surface area contributed by atoms with Gasteiger partial charge >= 0.3 is 6.18 Å². The first-order valence-corrected chi connectivity index (χ1v) is 7.24. The third-order valence-corrected chi connectivity index (χ3v) is 4.07. The summed E-state index contributed by atoms with van der Waals surface area (Å²) in [6, 6.07) is 8.84. The smallest absolute Gasteiger partial charge is 0.322 e. The second-order valence-electron chi connectivity index (χ2n) is 4.89. The lowest BCUT2D eigenvalue weighted by atomic mass is 10.0. The molecule has 116 valence electrons. The van der Waals surface area contributed by atoms with Crippen molar-refractivity contribution in [2.24, 2.45) is 0 Å². The number of aryl methyl sites for hydroxylation is 1. The van der Waals surface area contributed by atoms with Crippen molar-refractivity contribution in [2.45, 2.75) is 20.0 Å². The molecule has 6 heteroatoms. The maximum Gasteiger partial charge on any atom is 0.417 e. The molecule has 0 unspecified atom stereocenters. The van der Waals surface area contributed by atoms with Gasteiger partial charge in [0.2, 0.25) is 0 Å². The van der Waals surface area contributed by atoms with Crippen molar-refractivity contribution in [3.8, 4) is 0 Å². The number of rotatable bonds is 2. The Labute approximate surface area is 134 Å². The van der Waals surface area contributed by atoms with Gasteiger partial charge in [-0.1, -0.05) is 28.1 Å². The fourth-order valence-electron chi connectivity index (χ4n) is 2.02. The number of carbonyl (C=O) groups excluding carboxylic acids is 1. The molecule has 2 aromatic rings. The zero-order valence-corrected chi connectivity index (χ0v) is 13.5. The second-order valence-corrected chi connectivity index (χ2v) is 5.75. The van der Waals surface area contributed by atoms with E-state index in [9.17, 15) is 18.0 Å². The first-order valence-electron chi connectivity index (χ1n) is 6.44. The van der Waals surface area contributed by atoms with Gasteiger partial charge in [-0.05, 0) is 49.2 Å². The van der Waals surface area contributed by atoms with Gasteiger partial charge in [0.05, 0.1) is 5.56 Å². The molecule has 2 rings (SSSR count). The molecule has 0 aliphatic rings. The van der Waals surface area contributed by atoms with Gasteiger partial charge in [0, 0.05) is 15.7 Å². The number of alkyl halides is 3. The van der Waals surface area contributed by atoms with E-state index in [-0.39, 0.29) is 10.2 Å². The van der Waals surface area contributed by atoms with Gasteiger partial charge in [-0.25, -0.2) is 0 Å². The molecule has 0 heterocycles. The normalized spacial score (nSPS) is 11.4. The molecule has 22 heavy (non-hydrogen) atoms. The summed E-state index contributed by atoms with van der Waals surface area (Å²) in [4.78, 5) is 12.2. The first kappa shape index (κ1) is 16.5. The highest BCUT2D eigenvalue weighted by molar-refractivity contribution is 9.10. The third-order valence-electron chi connectivity index (χ3n) is 3.38. The van der Waals surface area contributed by atoms with Crippen LogP contribution in [0, 0.1) is 13.8 Å². The van der Waals surface area contributed by atoms with Crippen molar-refractivity contribution in [3.63, 3.8) is 0 Å². The van der Waals surface area contributed by atoms with Gasteiger partial charge in [-0.2, -0.15) is 13.2 Å². The summed E-state index contributed by atoms with van der Waals surface area (Å²) in [5.41, 5.74) is 1.46. The Morgan fingerprint density at radius 2 is 1.82 bits per heavy atom. The van der Waals surface area contributed by atoms with Crippen molar-refractivity contribution in [2.75, 3.05) is 5.32 Å². The molecule has 1 N–H and O–H groups in total. The zero-order valence-electron chi connectivity index (χ0n) is 11.9. The summed E-state index contributed by atoms with van der Waals surface area (Å²) in [6.45, 7) is 3.67. The van der Waals surface area contributed by atoms with E-state index in [1.165, 1.54) is 12.1 Å². The van der Waals surface area contributed by atoms with Crippen LogP contribution in [-0.4, -0.2) is 5.91 Å². The zero-order chi connectivity index (χ0) is 16.5. The van der Waals surface area contributed by atoms with Gasteiger partial charge in [0.25, 0.3) is 5.91 Å². The Morgan fingerprint density at radius 3 is 2.45 bits per heavy atom. The van der Waals surface area contributed by atoms with Crippen LogP contribution in [0.25, 0.3) is 0 Å². The minimum atomic E-state index is -4.49. The van der Waals surface area contributed by atoms with Crippen LogP contribution in [0.15, 0.2) is 40.9 Å². The van der Waals surface area contributed by atoms with Gasteiger partial charge in [-0.15, -0.1) is 0 Å². The minimum Gasteiger partial charge on any atom is -0.322 e. The standard InChI is InChI=1S/C16H13BrF3NO/c1-9-4-3-5-12(10(9)2)15(22)21-11-6-7-14(17)13(8-11)16(18,19)20/h3-8H,1-2H3,(H,21,22). The van der Waals surface area contributed by atoms with Gasteiger partial charge < -0.3 is 5.32 Å². The van der Waals surface area contributed by atoms with Crippen LogP contribution in [0.4, 0.5) is 18.9 Å². The van der Waals surface area contributed by atoms with E-state index in [0.29, 0.717) is 5.56 Å². The Bertz CT molecular complexity index is 726. The van der Waals surface area contributed by atoms with E-state index in [1.807, 2.05) is 13.0 Å². The van der Waals surface area contributed by atoms with Crippen molar-refractivity contribution in [1.29, 1.82) is 0 Å². The lowest BCUT2D eigenvalue weighted by molar-refractivity contribution is -0.138. The quantitative estimate of drug-likeness (QED) is 0.758. The average molecular weight is 372 g/mol. The fourth-order valence-corrected chi connectivity index (χ4v) is 2.49. The second kappa shape index (κ2) is 6.12.